The van der Waals surface area contributed by atoms with Crippen molar-refractivity contribution in [1.82, 2.24) is 9.78 Å². The molecule has 1 rings (SSSR count). The number of hydrogen-bond acceptors (Lipinski definition) is 2. The SMILES string of the molecule is Cn1nc(C(F)(F)F)c(S)c1Cl. The molecule has 0 saturated heterocycles. The van der Waals surface area contributed by atoms with Crippen molar-refractivity contribution in [3.05, 3.63) is 10.8 Å². The zero-order valence-corrected chi connectivity index (χ0v) is 7.50. The lowest BCUT2D eigenvalue weighted by Gasteiger charge is -2.01. The lowest BCUT2D eigenvalue weighted by molar-refractivity contribution is -0.143. The zero-order chi connectivity index (χ0) is 9.52. The summed E-state index contributed by atoms with van der Waals surface area (Å²) >= 11 is 9.02. The van der Waals surface area contributed by atoms with Crippen LogP contribution in [0.25, 0.3) is 0 Å². The van der Waals surface area contributed by atoms with Gasteiger partial charge in [0.2, 0.25) is 0 Å². The highest BCUT2D eigenvalue weighted by atomic mass is 35.5. The topological polar surface area (TPSA) is 17.8 Å². The number of hydrogen-bond donors (Lipinski definition) is 1. The Morgan fingerprint density at radius 2 is 2.00 bits per heavy atom. The molecule has 0 saturated carbocycles. The van der Waals surface area contributed by atoms with E-state index in [2.05, 4.69) is 17.7 Å². The third-order valence-electron chi connectivity index (χ3n) is 1.22. The van der Waals surface area contributed by atoms with Crippen LogP contribution in [0.3, 0.4) is 0 Å². The van der Waals surface area contributed by atoms with E-state index in [1.807, 2.05) is 0 Å². The predicted molar refractivity (Wildman–Crippen MR) is 40.5 cm³/mol. The summed E-state index contributed by atoms with van der Waals surface area (Å²) in [7, 11) is 1.32. The summed E-state index contributed by atoms with van der Waals surface area (Å²) in [6.07, 6.45) is -4.50. The average Bonchev–Trinajstić information content (AvgIpc) is 2.15. The fourth-order valence-electron chi connectivity index (χ4n) is 0.683. The van der Waals surface area contributed by atoms with E-state index in [0.717, 1.165) is 4.68 Å². The van der Waals surface area contributed by atoms with Crippen LogP contribution in [0.1, 0.15) is 5.69 Å². The average molecular weight is 217 g/mol. The smallest absolute Gasteiger partial charge is 0.255 e. The van der Waals surface area contributed by atoms with Crippen molar-refractivity contribution in [3.63, 3.8) is 0 Å². The van der Waals surface area contributed by atoms with E-state index in [1.165, 1.54) is 7.05 Å². The van der Waals surface area contributed by atoms with E-state index in [-0.39, 0.29) is 10.0 Å². The Morgan fingerprint density at radius 3 is 2.17 bits per heavy atom. The predicted octanol–water partition coefficient (Wildman–Crippen LogP) is 2.38. The van der Waals surface area contributed by atoms with Crippen LogP contribution in [0.4, 0.5) is 13.2 Å². The van der Waals surface area contributed by atoms with Gasteiger partial charge in [-0.2, -0.15) is 18.3 Å². The van der Waals surface area contributed by atoms with E-state index in [4.69, 9.17) is 11.6 Å². The van der Waals surface area contributed by atoms with Crippen LogP contribution in [0.15, 0.2) is 4.90 Å². The molecule has 0 aliphatic carbocycles. The molecule has 0 aliphatic heterocycles. The van der Waals surface area contributed by atoms with Crippen LogP contribution >= 0.6 is 24.2 Å². The van der Waals surface area contributed by atoms with Gasteiger partial charge >= 0.3 is 6.18 Å². The monoisotopic (exact) mass is 216 g/mol. The molecule has 12 heavy (non-hydrogen) atoms. The first kappa shape index (κ1) is 9.73. The van der Waals surface area contributed by atoms with Crippen LogP contribution in [0.5, 0.6) is 0 Å². The first-order valence-electron chi connectivity index (χ1n) is 2.82. The lowest BCUT2D eigenvalue weighted by Crippen LogP contribution is -2.07. The largest absolute Gasteiger partial charge is 0.436 e. The first-order chi connectivity index (χ1) is 5.34. The Balaban J connectivity index is 3.28. The molecule has 0 amide bonds. The van der Waals surface area contributed by atoms with Crippen molar-refractivity contribution < 1.29 is 13.2 Å². The Labute approximate surface area is 76.7 Å². The third-order valence-corrected chi connectivity index (χ3v) is 2.21. The molecule has 0 atom stereocenters. The Morgan fingerprint density at radius 1 is 1.50 bits per heavy atom. The van der Waals surface area contributed by atoms with Gasteiger partial charge in [0.15, 0.2) is 5.69 Å². The molecule has 0 bridgehead atoms. The first-order valence-corrected chi connectivity index (χ1v) is 3.65. The molecule has 0 unspecified atom stereocenters. The number of nitrogens with zero attached hydrogens (tertiary/aromatic N) is 2. The van der Waals surface area contributed by atoms with Gasteiger partial charge in [0.1, 0.15) is 5.15 Å². The summed E-state index contributed by atoms with van der Waals surface area (Å²) < 4.78 is 37.1. The highest BCUT2D eigenvalue weighted by Crippen LogP contribution is 2.35. The molecule has 68 valence electrons. The van der Waals surface area contributed by atoms with Crippen molar-refractivity contribution in [2.45, 2.75) is 11.1 Å². The number of aryl methyl sites for hydroxylation is 1. The summed E-state index contributed by atoms with van der Waals surface area (Å²) in [5.41, 5.74) is -1.06. The minimum atomic E-state index is -4.50. The molecule has 0 radical (unpaired) electrons. The summed E-state index contributed by atoms with van der Waals surface area (Å²) in [5.74, 6) is 0. The van der Waals surface area contributed by atoms with Gasteiger partial charge < -0.3 is 0 Å². The molecule has 1 aromatic heterocycles. The molecule has 0 aromatic carbocycles. The van der Waals surface area contributed by atoms with Gasteiger partial charge in [-0.25, -0.2) is 0 Å². The van der Waals surface area contributed by atoms with E-state index in [0.29, 0.717) is 0 Å². The molecule has 2 nitrogen and oxygen atoms in total. The second kappa shape index (κ2) is 2.85. The van der Waals surface area contributed by atoms with Crippen molar-refractivity contribution >= 4 is 24.2 Å². The molecule has 1 aromatic rings. The van der Waals surface area contributed by atoms with Gasteiger partial charge in [0.25, 0.3) is 0 Å². The second-order valence-electron chi connectivity index (χ2n) is 2.11. The Kier molecular flexibility index (Phi) is 2.31. The molecule has 7 heteroatoms. The van der Waals surface area contributed by atoms with E-state index >= 15 is 0 Å². The normalized spacial score (nSPS) is 12.2. The summed E-state index contributed by atoms with van der Waals surface area (Å²) in [5, 5.41) is 3.04. The van der Waals surface area contributed by atoms with Gasteiger partial charge in [-0.15, -0.1) is 12.6 Å². The number of rotatable bonds is 0. The summed E-state index contributed by atoms with van der Waals surface area (Å²) in [6.45, 7) is 0. The van der Waals surface area contributed by atoms with Crippen molar-refractivity contribution in [2.24, 2.45) is 7.05 Å². The van der Waals surface area contributed by atoms with Crippen molar-refractivity contribution in [1.29, 1.82) is 0 Å². The summed E-state index contributed by atoms with van der Waals surface area (Å²) in [4.78, 5) is -0.341. The van der Waals surface area contributed by atoms with Crippen LogP contribution in [-0.4, -0.2) is 9.78 Å². The minimum Gasteiger partial charge on any atom is -0.255 e. The minimum absolute atomic E-state index is 0.120. The standard InChI is InChI=1S/C5H4ClF3N2S/c1-11-4(6)2(12)3(10-11)5(7,8)9/h12H,1H3. The number of thiol groups is 1. The van der Waals surface area contributed by atoms with Gasteiger partial charge in [-0.3, -0.25) is 4.68 Å². The Hall–Kier alpha value is -0.360. The van der Waals surface area contributed by atoms with Gasteiger partial charge in [0, 0.05) is 7.05 Å². The van der Waals surface area contributed by atoms with Crippen molar-refractivity contribution in [3.8, 4) is 0 Å². The maximum atomic E-state index is 12.1. The molecular formula is C5H4ClF3N2S. The molecule has 0 aliphatic rings. The highest BCUT2D eigenvalue weighted by Gasteiger charge is 2.37. The summed E-state index contributed by atoms with van der Waals surface area (Å²) in [6, 6.07) is 0. The zero-order valence-electron chi connectivity index (χ0n) is 5.85. The molecular weight excluding hydrogens is 213 g/mol. The maximum Gasteiger partial charge on any atom is 0.436 e. The van der Waals surface area contributed by atoms with E-state index in [1.54, 1.807) is 0 Å². The van der Waals surface area contributed by atoms with Crippen molar-refractivity contribution in [2.75, 3.05) is 0 Å². The molecule has 1 heterocycles. The van der Waals surface area contributed by atoms with Crippen LogP contribution in [0, 0.1) is 0 Å². The highest BCUT2D eigenvalue weighted by molar-refractivity contribution is 7.80. The third kappa shape index (κ3) is 1.54. The second-order valence-corrected chi connectivity index (χ2v) is 2.91. The Bertz CT molecular complexity index is 306. The van der Waals surface area contributed by atoms with E-state index in [9.17, 15) is 13.2 Å². The maximum absolute atomic E-state index is 12.1. The lowest BCUT2D eigenvalue weighted by atomic mass is 10.4. The molecule has 0 N–H and O–H groups in total. The van der Waals surface area contributed by atoms with Crippen LogP contribution in [-0.2, 0) is 13.2 Å². The van der Waals surface area contributed by atoms with E-state index < -0.39 is 11.9 Å². The fraction of sp³-hybridized carbons (Fsp3) is 0.400. The number of halogens is 4. The van der Waals surface area contributed by atoms with Crippen LogP contribution in [0.2, 0.25) is 5.15 Å². The quantitative estimate of drug-likeness (QED) is 0.660. The molecule has 0 spiro atoms. The van der Waals surface area contributed by atoms with Gasteiger partial charge in [0.05, 0.1) is 4.90 Å². The fourth-order valence-corrected chi connectivity index (χ4v) is 1.13. The number of alkyl halides is 3. The van der Waals surface area contributed by atoms with Gasteiger partial charge in [-0.1, -0.05) is 11.6 Å². The number of aromatic nitrogens is 2. The molecule has 0 fully saturated rings. The van der Waals surface area contributed by atoms with Crippen LogP contribution < -0.4 is 0 Å². The van der Waals surface area contributed by atoms with Gasteiger partial charge in [-0.05, 0) is 0 Å².